The number of hydrogen-bond acceptors (Lipinski definition) is 6. The second-order valence-electron chi connectivity index (χ2n) is 6.81. The van der Waals surface area contributed by atoms with Gasteiger partial charge < -0.3 is 10.1 Å². The Hall–Kier alpha value is -3.04. The Bertz CT molecular complexity index is 1080. The Morgan fingerprint density at radius 3 is 2.89 bits per heavy atom. The van der Waals surface area contributed by atoms with Crippen molar-refractivity contribution in [3.63, 3.8) is 0 Å². The average molecular weight is 398 g/mol. The number of imide groups is 1. The zero-order valence-electron chi connectivity index (χ0n) is 14.6. The predicted molar refractivity (Wildman–Crippen MR) is 100 cm³/mol. The molecule has 28 heavy (non-hydrogen) atoms. The van der Waals surface area contributed by atoms with Crippen molar-refractivity contribution in [3.05, 3.63) is 58.9 Å². The fourth-order valence-corrected chi connectivity index (χ4v) is 4.65. The van der Waals surface area contributed by atoms with E-state index in [-0.39, 0.29) is 19.1 Å². The standard InChI is InChI=1S/C19H15FN4O3S/c20-12-6-5-11-8-24(10-27-14(11)7-12)9-19(16(25)22-18(26)23-19)17-21-13-3-1-2-4-15(13)28-17/h1-7H,8-10H2,(H2,22,23,25,26)/t19-/m0/s1. The fourth-order valence-electron chi connectivity index (χ4n) is 3.55. The van der Waals surface area contributed by atoms with Gasteiger partial charge in [-0.1, -0.05) is 18.2 Å². The van der Waals surface area contributed by atoms with Gasteiger partial charge in [-0.15, -0.1) is 11.3 Å². The molecule has 2 aliphatic heterocycles. The highest BCUT2D eigenvalue weighted by molar-refractivity contribution is 7.18. The topological polar surface area (TPSA) is 83.6 Å². The first-order valence-corrected chi connectivity index (χ1v) is 9.48. The molecule has 7 nitrogen and oxygen atoms in total. The summed E-state index contributed by atoms with van der Waals surface area (Å²) in [5.41, 5.74) is 0.283. The van der Waals surface area contributed by atoms with Gasteiger partial charge in [-0.2, -0.15) is 0 Å². The Balaban J connectivity index is 1.51. The number of para-hydroxylation sites is 1. The summed E-state index contributed by atoms with van der Waals surface area (Å²) >= 11 is 1.37. The van der Waals surface area contributed by atoms with Gasteiger partial charge in [0, 0.05) is 24.7 Å². The molecule has 1 fully saturated rings. The number of fused-ring (bicyclic) bond motifs is 2. The van der Waals surface area contributed by atoms with Crippen molar-refractivity contribution in [2.75, 3.05) is 13.3 Å². The third-order valence-corrected chi connectivity index (χ3v) is 6.09. The molecule has 5 rings (SSSR count). The fraction of sp³-hybridized carbons (Fsp3) is 0.211. The SMILES string of the molecule is O=C1NC(=O)[C@@](CN2COc3cc(F)ccc3C2)(c2nc3ccccc3s2)N1. The molecule has 0 saturated carbocycles. The Morgan fingerprint density at radius 2 is 2.11 bits per heavy atom. The summed E-state index contributed by atoms with van der Waals surface area (Å²) in [6.45, 7) is 0.818. The van der Waals surface area contributed by atoms with Crippen molar-refractivity contribution in [3.8, 4) is 5.75 Å². The number of hydrogen-bond donors (Lipinski definition) is 2. The van der Waals surface area contributed by atoms with Gasteiger partial charge in [0.25, 0.3) is 5.91 Å². The van der Waals surface area contributed by atoms with Crippen LogP contribution in [0.15, 0.2) is 42.5 Å². The molecule has 1 aromatic heterocycles. The first-order valence-electron chi connectivity index (χ1n) is 8.67. The summed E-state index contributed by atoms with van der Waals surface area (Å²) < 4.78 is 20.0. The summed E-state index contributed by atoms with van der Waals surface area (Å²) in [6.07, 6.45) is 0. The lowest BCUT2D eigenvalue weighted by Crippen LogP contribution is -2.53. The molecule has 1 saturated heterocycles. The van der Waals surface area contributed by atoms with E-state index in [4.69, 9.17) is 4.74 Å². The van der Waals surface area contributed by atoms with Crippen molar-refractivity contribution < 1.29 is 18.7 Å². The number of ether oxygens (including phenoxy) is 1. The molecule has 3 aromatic rings. The zero-order chi connectivity index (χ0) is 19.3. The minimum atomic E-state index is -1.30. The highest BCUT2D eigenvalue weighted by Crippen LogP contribution is 2.35. The Morgan fingerprint density at radius 1 is 1.25 bits per heavy atom. The third-order valence-electron chi connectivity index (χ3n) is 4.89. The van der Waals surface area contributed by atoms with Crippen molar-refractivity contribution >= 4 is 33.5 Å². The van der Waals surface area contributed by atoms with Crippen molar-refractivity contribution in [1.82, 2.24) is 20.5 Å². The Labute approximate surface area is 163 Å². The minimum absolute atomic E-state index is 0.173. The van der Waals surface area contributed by atoms with Crippen LogP contribution in [0.3, 0.4) is 0 Å². The Kier molecular flexibility index (Phi) is 3.81. The smallest absolute Gasteiger partial charge is 0.322 e. The summed E-state index contributed by atoms with van der Waals surface area (Å²) in [5.74, 6) is -0.313. The monoisotopic (exact) mass is 398 g/mol. The summed E-state index contributed by atoms with van der Waals surface area (Å²) in [6, 6.07) is 11.4. The van der Waals surface area contributed by atoms with E-state index in [2.05, 4.69) is 15.6 Å². The number of carbonyl (C=O) groups excluding carboxylic acids is 2. The first-order chi connectivity index (χ1) is 13.5. The predicted octanol–water partition coefficient (Wildman–Crippen LogP) is 2.32. The molecular weight excluding hydrogens is 383 g/mol. The van der Waals surface area contributed by atoms with E-state index in [1.165, 1.54) is 23.5 Å². The summed E-state index contributed by atoms with van der Waals surface area (Å²) in [7, 11) is 0. The van der Waals surface area contributed by atoms with Crippen LogP contribution in [-0.2, 0) is 16.9 Å². The van der Waals surface area contributed by atoms with E-state index in [1.54, 1.807) is 6.07 Å². The van der Waals surface area contributed by atoms with Crippen LogP contribution in [0.5, 0.6) is 5.75 Å². The molecule has 0 unspecified atom stereocenters. The number of rotatable bonds is 3. The van der Waals surface area contributed by atoms with Gasteiger partial charge in [-0.05, 0) is 18.2 Å². The second kappa shape index (κ2) is 6.25. The average Bonchev–Trinajstić information content (AvgIpc) is 3.23. The maximum Gasteiger partial charge on any atom is 0.322 e. The minimum Gasteiger partial charge on any atom is -0.478 e. The van der Waals surface area contributed by atoms with E-state index >= 15 is 0 Å². The van der Waals surface area contributed by atoms with Crippen molar-refractivity contribution in [2.45, 2.75) is 12.1 Å². The normalized spacial score (nSPS) is 21.9. The molecule has 0 radical (unpaired) electrons. The number of nitrogens with one attached hydrogen (secondary N) is 2. The largest absolute Gasteiger partial charge is 0.478 e. The number of amides is 3. The van der Waals surface area contributed by atoms with Crippen LogP contribution in [0.2, 0.25) is 0 Å². The molecule has 0 aliphatic carbocycles. The van der Waals surface area contributed by atoms with Gasteiger partial charge >= 0.3 is 6.03 Å². The quantitative estimate of drug-likeness (QED) is 0.662. The first kappa shape index (κ1) is 17.1. The van der Waals surface area contributed by atoms with Gasteiger partial charge in [-0.3, -0.25) is 15.0 Å². The number of carbonyl (C=O) groups is 2. The molecule has 0 spiro atoms. The van der Waals surface area contributed by atoms with E-state index in [1.807, 2.05) is 29.2 Å². The van der Waals surface area contributed by atoms with Crippen molar-refractivity contribution in [2.24, 2.45) is 0 Å². The lowest BCUT2D eigenvalue weighted by Gasteiger charge is -2.34. The van der Waals surface area contributed by atoms with Gasteiger partial charge in [0.1, 0.15) is 23.3 Å². The van der Waals surface area contributed by atoms with Crippen LogP contribution in [0.1, 0.15) is 10.6 Å². The highest BCUT2D eigenvalue weighted by Gasteiger charge is 2.51. The molecule has 2 N–H and O–H groups in total. The van der Waals surface area contributed by atoms with Gasteiger partial charge in [0.05, 0.1) is 10.2 Å². The van der Waals surface area contributed by atoms with Gasteiger partial charge in [0.2, 0.25) is 0 Å². The lowest BCUT2D eigenvalue weighted by molar-refractivity contribution is -0.125. The maximum absolute atomic E-state index is 13.4. The number of thiazole rings is 1. The molecule has 1 atom stereocenters. The number of halogens is 1. The molecule has 2 aromatic carbocycles. The molecule has 3 amide bonds. The second-order valence-corrected chi connectivity index (χ2v) is 7.84. The van der Waals surface area contributed by atoms with E-state index in [0.717, 1.165) is 15.8 Å². The van der Waals surface area contributed by atoms with Crippen LogP contribution in [0.4, 0.5) is 9.18 Å². The number of aromatic nitrogens is 1. The molecular formula is C19H15FN4O3S. The number of benzene rings is 2. The van der Waals surface area contributed by atoms with Crippen molar-refractivity contribution in [1.29, 1.82) is 0 Å². The zero-order valence-corrected chi connectivity index (χ0v) is 15.4. The lowest BCUT2D eigenvalue weighted by atomic mass is 9.99. The molecule has 0 bridgehead atoms. The maximum atomic E-state index is 13.4. The summed E-state index contributed by atoms with van der Waals surface area (Å²) in [4.78, 5) is 31.3. The van der Waals surface area contributed by atoms with E-state index < -0.39 is 17.5 Å². The van der Waals surface area contributed by atoms with Crippen LogP contribution in [-0.4, -0.2) is 35.1 Å². The van der Waals surface area contributed by atoms with E-state index in [9.17, 15) is 14.0 Å². The van der Waals surface area contributed by atoms with E-state index in [0.29, 0.717) is 17.3 Å². The number of urea groups is 1. The van der Waals surface area contributed by atoms with Crippen LogP contribution < -0.4 is 15.4 Å². The molecule has 142 valence electrons. The third kappa shape index (κ3) is 2.71. The number of nitrogens with zero attached hydrogens (tertiary/aromatic N) is 2. The van der Waals surface area contributed by atoms with Gasteiger partial charge in [0.15, 0.2) is 5.54 Å². The summed E-state index contributed by atoms with van der Waals surface area (Å²) in [5, 5.41) is 5.61. The molecule has 3 heterocycles. The highest BCUT2D eigenvalue weighted by atomic mass is 32.1. The van der Waals surface area contributed by atoms with Gasteiger partial charge in [-0.25, -0.2) is 14.2 Å². The van der Waals surface area contributed by atoms with Crippen LogP contribution in [0.25, 0.3) is 10.2 Å². The molecule has 9 heteroatoms. The van der Waals surface area contributed by atoms with Crippen LogP contribution >= 0.6 is 11.3 Å². The van der Waals surface area contributed by atoms with Crippen LogP contribution in [0, 0.1) is 5.82 Å². The molecule has 2 aliphatic rings.